The van der Waals surface area contributed by atoms with Gasteiger partial charge in [0.05, 0.1) is 7.11 Å². The number of ether oxygens (including phenoxy) is 1. The van der Waals surface area contributed by atoms with E-state index in [0.29, 0.717) is 17.7 Å². The minimum atomic E-state index is -0.623. The van der Waals surface area contributed by atoms with Crippen LogP contribution in [0.5, 0.6) is 5.75 Å². The molecule has 2 aromatic carbocycles. The summed E-state index contributed by atoms with van der Waals surface area (Å²) in [5, 5.41) is 0. The molecule has 1 unspecified atom stereocenters. The molecule has 2 N–H and O–H groups in total. The zero-order valence-corrected chi connectivity index (χ0v) is 10.6. The quantitative estimate of drug-likeness (QED) is 0.919. The van der Waals surface area contributed by atoms with Crippen molar-refractivity contribution in [1.29, 1.82) is 0 Å². The normalized spacial score (nSPS) is 12.2. The molecule has 0 aliphatic carbocycles. The molecule has 0 fully saturated rings. The first-order valence-electron chi connectivity index (χ1n) is 5.94. The Morgan fingerprint density at radius 2 is 1.89 bits per heavy atom. The van der Waals surface area contributed by atoms with Crippen molar-refractivity contribution in [3.8, 4) is 5.75 Å². The van der Waals surface area contributed by atoms with Gasteiger partial charge in [-0.15, -0.1) is 0 Å². The third-order valence-electron chi connectivity index (χ3n) is 2.99. The van der Waals surface area contributed by atoms with Gasteiger partial charge in [-0.1, -0.05) is 24.3 Å². The van der Waals surface area contributed by atoms with Gasteiger partial charge in [-0.3, -0.25) is 0 Å². The average Bonchev–Trinajstić information content (AvgIpc) is 2.39. The summed E-state index contributed by atoms with van der Waals surface area (Å²) < 4.78 is 31.7. The minimum absolute atomic E-state index is 0.298. The highest BCUT2D eigenvalue weighted by Gasteiger charge is 2.14. The Hall–Kier alpha value is -1.94. The van der Waals surface area contributed by atoms with Crippen LogP contribution in [0.25, 0.3) is 0 Å². The summed E-state index contributed by atoms with van der Waals surface area (Å²) in [5.74, 6) is -0.520. The average molecular weight is 263 g/mol. The van der Waals surface area contributed by atoms with Gasteiger partial charge in [0.15, 0.2) is 0 Å². The van der Waals surface area contributed by atoms with E-state index in [1.54, 1.807) is 7.11 Å². The second kappa shape index (κ2) is 5.80. The van der Waals surface area contributed by atoms with E-state index in [1.165, 1.54) is 12.1 Å². The number of para-hydroxylation sites is 1. The Morgan fingerprint density at radius 1 is 1.16 bits per heavy atom. The molecular formula is C15H15F2NO. The fraction of sp³-hybridized carbons (Fsp3) is 0.200. The zero-order valence-electron chi connectivity index (χ0n) is 10.6. The molecule has 0 aliphatic heterocycles. The second-order valence-electron chi connectivity index (χ2n) is 4.29. The van der Waals surface area contributed by atoms with Crippen molar-refractivity contribution in [2.24, 2.45) is 5.73 Å². The van der Waals surface area contributed by atoms with Gasteiger partial charge in [-0.2, -0.15) is 0 Å². The maximum absolute atomic E-state index is 13.6. The lowest BCUT2D eigenvalue weighted by molar-refractivity contribution is 0.407. The maximum Gasteiger partial charge on any atom is 0.130 e. The number of nitrogens with two attached hydrogens (primary N) is 1. The zero-order chi connectivity index (χ0) is 13.8. The van der Waals surface area contributed by atoms with E-state index in [2.05, 4.69) is 0 Å². The molecule has 2 rings (SSSR count). The van der Waals surface area contributed by atoms with Gasteiger partial charge >= 0.3 is 0 Å². The number of hydrogen-bond acceptors (Lipinski definition) is 2. The van der Waals surface area contributed by atoms with Crippen molar-refractivity contribution < 1.29 is 13.5 Å². The summed E-state index contributed by atoms with van der Waals surface area (Å²) in [5.41, 5.74) is 7.17. The summed E-state index contributed by atoms with van der Waals surface area (Å²) in [7, 11) is 1.57. The number of hydrogen-bond donors (Lipinski definition) is 1. The van der Waals surface area contributed by atoms with E-state index in [0.717, 1.165) is 11.6 Å². The van der Waals surface area contributed by atoms with Crippen LogP contribution < -0.4 is 10.5 Å². The van der Waals surface area contributed by atoms with E-state index in [4.69, 9.17) is 10.5 Å². The van der Waals surface area contributed by atoms with Crippen LogP contribution in [-0.4, -0.2) is 7.11 Å². The van der Waals surface area contributed by atoms with Gasteiger partial charge in [0.25, 0.3) is 0 Å². The van der Waals surface area contributed by atoms with Gasteiger partial charge in [-0.05, 0) is 24.1 Å². The summed E-state index contributed by atoms with van der Waals surface area (Å²) in [6, 6.07) is 10.3. The van der Waals surface area contributed by atoms with Crippen LogP contribution in [0.15, 0.2) is 42.5 Å². The van der Waals surface area contributed by atoms with Crippen molar-refractivity contribution in [1.82, 2.24) is 0 Å². The van der Waals surface area contributed by atoms with Crippen LogP contribution in [0.1, 0.15) is 17.2 Å². The molecule has 19 heavy (non-hydrogen) atoms. The smallest absolute Gasteiger partial charge is 0.130 e. The van der Waals surface area contributed by atoms with E-state index in [-0.39, 0.29) is 0 Å². The minimum Gasteiger partial charge on any atom is -0.496 e. The summed E-state index contributed by atoms with van der Waals surface area (Å²) in [6.07, 6.45) is 0.423. The predicted molar refractivity (Wildman–Crippen MR) is 70.0 cm³/mol. The van der Waals surface area contributed by atoms with Gasteiger partial charge in [0.1, 0.15) is 17.4 Å². The Morgan fingerprint density at radius 3 is 2.58 bits per heavy atom. The van der Waals surface area contributed by atoms with E-state index in [1.807, 2.05) is 24.3 Å². The van der Waals surface area contributed by atoms with Crippen LogP contribution in [0.3, 0.4) is 0 Å². The first-order chi connectivity index (χ1) is 9.11. The Balaban J connectivity index is 2.23. The van der Waals surface area contributed by atoms with E-state index in [9.17, 15) is 8.78 Å². The largest absolute Gasteiger partial charge is 0.496 e. The molecule has 2 nitrogen and oxygen atoms in total. The van der Waals surface area contributed by atoms with E-state index >= 15 is 0 Å². The monoisotopic (exact) mass is 263 g/mol. The second-order valence-corrected chi connectivity index (χ2v) is 4.29. The van der Waals surface area contributed by atoms with Crippen molar-refractivity contribution in [2.45, 2.75) is 12.5 Å². The standard InChI is InChI=1S/C15H15F2NO/c1-19-15-5-3-2-4-10(15)8-14(18)12-7-6-11(16)9-13(12)17/h2-7,9,14H,8,18H2,1H3. The summed E-state index contributed by atoms with van der Waals surface area (Å²) >= 11 is 0. The highest BCUT2D eigenvalue weighted by atomic mass is 19.1. The predicted octanol–water partition coefficient (Wildman–Crippen LogP) is 3.22. The molecule has 0 heterocycles. The molecule has 0 saturated carbocycles. The molecule has 100 valence electrons. The molecule has 0 saturated heterocycles. The lowest BCUT2D eigenvalue weighted by Crippen LogP contribution is -2.15. The molecular weight excluding hydrogens is 248 g/mol. The molecule has 2 aromatic rings. The molecule has 0 aliphatic rings. The first kappa shape index (κ1) is 13.5. The van der Waals surface area contributed by atoms with Crippen molar-refractivity contribution in [3.63, 3.8) is 0 Å². The van der Waals surface area contributed by atoms with Gasteiger partial charge in [0, 0.05) is 17.7 Å². The van der Waals surface area contributed by atoms with Gasteiger partial charge < -0.3 is 10.5 Å². The summed E-state index contributed by atoms with van der Waals surface area (Å²) in [6.45, 7) is 0. The maximum atomic E-state index is 13.6. The SMILES string of the molecule is COc1ccccc1CC(N)c1ccc(F)cc1F. The van der Waals surface area contributed by atoms with Crippen molar-refractivity contribution in [2.75, 3.05) is 7.11 Å². The summed E-state index contributed by atoms with van der Waals surface area (Å²) in [4.78, 5) is 0. The molecule has 0 amide bonds. The first-order valence-corrected chi connectivity index (χ1v) is 5.94. The highest BCUT2D eigenvalue weighted by Crippen LogP contribution is 2.25. The lowest BCUT2D eigenvalue weighted by atomic mass is 9.98. The van der Waals surface area contributed by atoms with Gasteiger partial charge in [0.2, 0.25) is 0 Å². The Kier molecular flexibility index (Phi) is 4.12. The number of benzene rings is 2. The molecule has 1 atom stereocenters. The van der Waals surface area contributed by atoms with Crippen molar-refractivity contribution in [3.05, 3.63) is 65.2 Å². The number of rotatable bonds is 4. The third kappa shape index (κ3) is 3.09. The topological polar surface area (TPSA) is 35.2 Å². The number of halogens is 2. The Bertz CT molecular complexity index is 572. The third-order valence-corrected chi connectivity index (χ3v) is 2.99. The molecule has 4 heteroatoms. The van der Waals surface area contributed by atoms with Crippen LogP contribution in [-0.2, 0) is 6.42 Å². The molecule has 0 aromatic heterocycles. The van der Waals surface area contributed by atoms with Gasteiger partial charge in [-0.25, -0.2) is 8.78 Å². The van der Waals surface area contributed by atoms with Crippen LogP contribution >= 0.6 is 0 Å². The van der Waals surface area contributed by atoms with Crippen molar-refractivity contribution >= 4 is 0 Å². The number of methoxy groups -OCH3 is 1. The Labute approximate surface area is 110 Å². The fourth-order valence-corrected chi connectivity index (χ4v) is 2.02. The van der Waals surface area contributed by atoms with Crippen LogP contribution in [0.4, 0.5) is 8.78 Å². The molecule has 0 bridgehead atoms. The highest BCUT2D eigenvalue weighted by molar-refractivity contribution is 5.35. The van der Waals surface area contributed by atoms with Crippen LogP contribution in [0, 0.1) is 11.6 Å². The fourth-order valence-electron chi connectivity index (χ4n) is 2.02. The van der Waals surface area contributed by atoms with Crippen LogP contribution in [0.2, 0.25) is 0 Å². The van der Waals surface area contributed by atoms with E-state index < -0.39 is 17.7 Å². The molecule has 0 radical (unpaired) electrons. The molecule has 0 spiro atoms. The lowest BCUT2D eigenvalue weighted by Gasteiger charge is -2.15.